The largest absolute Gasteiger partial charge is 0.449 e. The number of esters is 1. The summed E-state index contributed by atoms with van der Waals surface area (Å²) in [6.07, 6.45) is 2.44. The van der Waals surface area contributed by atoms with Crippen LogP contribution in [0.25, 0.3) is 0 Å². The Bertz CT molecular complexity index is 1220. The van der Waals surface area contributed by atoms with E-state index in [0.717, 1.165) is 17.8 Å². The maximum absolute atomic E-state index is 17.5. The van der Waals surface area contributed by atoms with E-state index >= 15 is 8.78 Å². The van der Waals surface area contributed by atoms with Gasteiger partial charge in [-0.15, -0.1) is 0 Å². The number of alkyl halides is 2. The van der Waals surface area contributed by atoms with Crippen LogP contribution in [0.3, 0.4) is 0 Å². The van der Waals surface area contributed by atoms with Crippen molar-refractivity contribution in [1.82, 2.24) is 0 Å². The van der Waals surface area contributed by atoms with Gasteiger partial charge in [-0.3, -0.25) is 18.9 Å². The highest BCUT2D eigenvalue weighted by molar-refractivity contribution is 8.13. The molecule has 0 aliphatic heterocycles. The fourth-order valence-corrected chi connectivity index (χ4v) is 10.4. The Hall–Kier alpha value is -1.39. The zero-order valence-electron chi connectivity index (χ0n) is 24.7. The van der Waals surface area contributed by atoms with Crippen LogP contribution in [-0.2, 0) is 23.7 Å². The maximum atomic E-state index is 17.5. The first-order valence-electron chi connectivity index (χ1n) is 14.9. The highest BCUT2D eigenvalue weighted by Crippen LogP contribution is 2.72. The standard InChI is InChI=1S/C30H43F2O8PS/c1-5-25(35)40-30(26(36)42-13-9-7-6-8-12-41(37,38)39)18(2)14-20-21-16-23(31)22-15-19(33)10-11-27(22,3)29(21,32)24(34)17-28(20,30)4/h10-11,15,18,20-21,23-24,34H,5-9,12-14,16-17H2,1-4H3,(H2,37,38,39)/t18-,20+,21+,23+,24+,27+,28+,29+,30+/m1/s1. The van der Waals surface area contributed by atoms with E-state index in [1.807, 2.05) is 0 Å². The molecule has 0 aromatic rings. The van der Waals surface area contributed by atoms with Crippen LogP contribution in [0.15, 0.2) is 23.8 Å². The van der Waals surface area contributed by atoms with Gasteiger partial charge in [0.05, 0.1) is 6.10 Å². The van der Waals surface area contributed by atoms with Crippen LogP contribution in [0.5, 0.6) is 0 Å². The number of aliphatic hydroxyl groups excluding tert-OH is 1. The first-order chi connectivity index (χ1) is 19.5. The third kappa shape index (κ3) is 5.29. The van der Waals surface area contributed by atoms with Crippen LogP contribution >= 0.6 is 19.4 Å². The molecule has 8 nitrogen and oxygen atoms in total. The van der Waals surface area contributed by atoms with Crippen molar-refractivity contribution >= 4 is 36.2 Å². The Balaban J connectivity index is 1.63. The molecule has 12 heteroatoms. The number of hydrogen-bond acceptors (Lipinski definition) is 7. The number of rotatable bonds is 10. The summed E-state index contributed by atoms with van der Waals surface area (Å²) in [7, 11) is -4.05. The van der Waals surface area contributed by atoms with E-state index in [0.29, 0.717) is 37.9 Å². The molecule has 4 aliphatic rings. The number of hydrogen-bond donors (Lipinski definition) is 3. The molecule has 0 amide bonds. The van der Waals surface area contributed by atoms with Gasteiger partial charge < -0.3 is 19.6 Å². The SMILES string of the molecule is CCC(=O)O[C@]1(C(=O)SCCCCCCP(=O)(O)O)[C@H](C)C[C@H]2[C@@H]3C[C@H](F)C4=CC(=O)C=C[C@]4(C)[C@@]3(F)[C@@H](O)C[C@@]21C. The third-order valence-electron chi connectivity index (χ3n) is 10.6. The van der Waals surface area contributed by atoms with Crippen molar-refractivity contribution in [2.75, 3.05) is 11.9 Å². The highest BCUT2D eigenvalue weighted by atomic mass is 32.2. The maximum Gasteiger partial charge on any atom is 0.325 e. The lowest BCUT2D eigenvalue weighted by Gasteiger charge is -2.63. The highest BCUT2D eigenvalue weighted by Gasteiger charge is 2.78. The average molecular weight is 633 g/mol. The van der Waals surface area contributed by atoms with Gasteiger partial charge in [-0.2, -0.15) is 0 Å². The van der Waals surface area contributed by atoms with Crippen LogP contribution in [-0.4, -0.2) is 67.2 Å². The van der Waals surface area contributed by atoms with Gasteiger partial charge in [0.1, 0.15) is 6.17 Å². The number of unbranched alkanes of at least 4 members (excludes halogenated alkanes) is 3. The third-order valence-corrected chi connectivity index (χ3v) is 12.6. The number of halogens is 2. The van der Waals surface area contributed by atoms with Crippen molar-refractivity contribution in [2.45, 2.75) is 103 Å². The topological polar surface area (TPSA) is 138 Å². The van der Waals surface area contributed by atoms with E-state index in [9.17, 15) is 24.1 Å². The summed E-state index contributed by atoms with van der Waals surface area (Å²) >= 11 is 1.02. The predicted molar refractivity (Wildman–Crippen MR) is 155 cm³/mol. The zero-order valence-corrected chi connectivity index (χ0v) is 26.4. The normalized spacial score (nSPS) is 41.0. The van der Waals surface area contributed by atoms with E-state index in [-0.39, 0.29) is 36.1 Å². The second kappa shape index (κ2) is 11.8. The average Bonchev–Trinajstić information content (AvgIpc) is 3.12. The van der Waals surface area contributed by atoms with Crippen molar-refractivity contribution in [3.8, 4) is 0 Å². The Labute approximate surface area is 250 Å². The first kappa shape index (κ1) is 33.5. The molecule has 3 fully saturated rings. The summed E-state index contributed by atoms with van der Waals surface area (Å²) in [5.74, 6) is -2.70. The summed E-state index contributed by atoms with van der Waals surface area (Å²) in [6.45, 7) is 6.69. The zero-order chi connectivity index (χ0) is 31.3. The molecule has 0 aromatic heterocycles. The number of carbonyl (C=O) groups excluding carboxylic acids is 3. The Morgan fingerprint density at radius 2 is 1.81 bits per heavy atom. The summed E-state index contributed by atoms with van der Waals surface area (Å²) in [6, 6.07) is 0. The van der Waals surface area contributed by atoms with Crippen LogP contribution < -0.4 is 0 Å². The summed E-state index contributed by atoms with van der Waals surface area (Å²) in [4.78, 5) is 57.1. The van der Waals surface area contributed by atoms with E-state index in [2.05, 4.69) is 0 Å². The molecule has 3 N–H and O–H groups in total. The van der Waals surface area contributed by atoms with Crippen LogP contribution in [0, 0.1) is 28.6 Å². The molecule has 236 valence electrons. The predicted octanol–water partition coefficient (Wildman–Crippen LogP) is 5.24. The summed E-state index contributed by atoms with van der Waals surface area (Å²) in [5, 5.41) is 11.2. The molecule has 0 heterocycles. The molecule has 0 aromatic carbocycles. The number of fused-ring (bicyclic) bond motifs is 5. The van der Waals surface area contributed by atoms with Crippen molar-refractivity contribution in [3.63, 3.8) is 0 Å². The van der Waals surface area contributed by atoms with Gasteiger partial charge in [-0.05, 0) is 62.7 Å². The monoisotopic (exact) mass is 632 g/mol. The molecular formula is C30H43F2O8PS. The molecule has 0 unspecified atom stereocenters. The van der Waals surface area contributed by atoms with E-state index in [1.165, 1.54) is 19.1 Å². The second-order valence-electron chi connectivity index (χ2n) is 13.0. The van der Waals surface area contributed by atoms with Crippen LogP contribution in [0.1, 0.15) is 79.1 Å². The molecule has 42 heavy (non-hydrogen) atoms. The number of allylic oxidation sites excluding steroid dienone is 4. The lowest BCUT2D eigenvalue weighted by Crippen LogP contribution is -2.70. The van der Waals surface area contributed by atoms with E-state index in [1.54, 1.807) is 20.8 Å². The quantitative estimate of drug-likeness (QED) is 0.168. The molecule has 0 bridgehead atoms. The lowest BCUT2D eigenvalue weighted by atomic mass is 9.44. The lowest BCUT2D eigenvalue weighted by molar-refractivity contribution is -0.228. The summed E-state index contributed by atoms with van der Waals surface area (Å²) in [5.41, 5.74) is -6.64. The molecule has 0 saturated heterocycles. The number of carbonyl (C=O) groups is 3. The number of ether oxygens (including phenoxy) is 1. The fraction of sp³-hybridized carbons (Fsp3) is 0.767. The van der Waals surface area contributed by atoms with E-state index in [4.69, 9.17) is 14.5 Å². The minimum atomic E-state index is -4.05. The molecule has 0 spiro atoms. The molecule has 9 atom stereocenters. The minimum Gasteiger partial charge on any atom is -0.449 e. The Morgan fingerprint density at radius 1 is 1.14 bits per heavy atom. The van der Waals surface area contributed by atoms with Gasteiger partial charge in [0.15, 0.2) is 17.1 Å². The Kier molecular flexibility index (Phi) is 9.45. The number of aliphatic hydroxyl groups is 1. The minimum absolute atomic E-state index is 0.0172. The Morgan fingerprint density at radius 3 is 2.45 bits per heavy atom. The molecule has 4 aliphatic carbocycles. The van der Waals surface area contributed by atoms with Gasteiger partial charge in [0, 0.05) is 41.0 Å². The van der Waals surface area contributed by atoms with Gasteiger partial charge in [-0.25, -0.2) is 8.78 Å². The van der Waals surface area contributed by atoms with Crippen molar-refractivity contribution in [2.24, 2.45) is 28.6 Å². The second-order valence-corrected chi connectivity index (χ2v) is 15.8. The molecule has 0 radical (unpaired) electrons. The van der Waals surface area contributed by atoms with Gasteiger partial charge in [0.2, 0.25) is 5.12 Å². The molecule has 3 saturated carbocycles. The molecular weight excluding hydrogens is 589 g/mol. The van der Waals surface area contributed by atoms with Gasteiger partial charge in [0.25, 0.3) is 0 Å². The summed E-state index contributed by atoms with van der Waals surface area (Å²) < 4.78 is 50.4. The molecule has 4 rings (SSSR count). The fourth-order valence-electron chi connectivity index (χ4n) is 8.52. The smallest absolute Gasteiger partial charge is 0.325 e. The van der Waals surface area contributed by atoms with Crippen LogP contribution in [0.2, 0.25) is 0 Å². The first-order valence-corrected chi connectivity index (χ1v) is 17.7. The van der Waals surface area contributed by atoms with Gasteiger partial charge >= 0.3 is 13.6 Å². The van der Waals surface area contributed by atoms with Crippen molar-refractivity contribution in [1.29, 1.82) is 0 Å². The van der Waals surface area contributed by atoms with E-state index < -0.39 is 71.5 Å². The van der Waals surface area contributed by atoms with Gasteiger partial charge in [-0.1, -0.05) is 51.5 Å². The number of thioether (sulfide) groups is 1. The number of ketones is 1. The van der Waals surface area contributed by atoms with Crippen molar-refractivity contribution in [3.05, 3.63) is 23.8 Å². The van der Waals surface area contributed by atoms with Crippen LogP contribution in [0.4, 0.5) is 8.78 Å². The van der Waals surface area contributed by atoms with Crippen molar-refractivity contribution < 1.29 is 47.4 Å².